The molecule has 0 radical (unpaired) electrons. The fourth-order valence-corrected chi connectivity index (χ4v) is 2.51. The summed E-state index contributed by atoms with van der Waals surface area (Å²) in [4.78, 5) is 16.7. The van der Waals surface area contributed by atoms with E-state index in [0.29, 0.717) is 19.0 Å². The van der Waals surface area contributed by atoms with Gasteiger partial charge < -0.3 is 15.0 Å². The number of non-ortho nitro benzene ring substituents is 1. The van der Waals surface area contributed by atoms with Crippen molar-refractivity contribution in [1.29, 1.82) is 0 Å². The molecule has 25 heavy (non-hydrogen) atoms. The molecule has 7 heteroatoms. The monoisotopic (exact) mass is 342 g/mol. The zero-order chi connectivity index (χ0) is 18.2. The number of methoxy groups -OCH3 is 1. The first-order valence-corrected chi connectivity index (χ1v) is 7.82. The number of nitro groups is 1. The SMILES string of the molecule is CN=C(NCc1cccc([N+](=O)[O-])c1)N(C)Cc1ccccc1OC. The number of nitrogens with one attached hydrogen (secondary N) is 1. The summed E-state index contributed by atoms with van der Waals surface area (Å²) >= 11 is 0. The molecule has 2 rings (SSSR count). The van der Waals surface area contributed by atoms with Crippen LogP contribution in [-0.4, -0.2) is 37.0 Å². The number of ether oxygens (including phenoxy) is 1. The van der Waals surface area contributed by atoms with Crippen LogP contribution in [-0.2, 0) is 13.1 Å². The van der Waals surface area contributed by atoms with Gasteiger partial charge in [0.2, 0.25) is 0 Å². The summed E-state index contributed by atoms with van der Waals surface area (Å²) in [5.41, 5.74) is 1.95. The maximum Gasteiger partial charge on any atom is 0.269 e. The molecule has 0 amide bonds. The van der Waals surface area contributed by atoms with Crippen molar-refractivity contribution in [3.8, 4) is 5.75 Å². The van der Waals surface area contributed by atoms with E-state index in [0.717, 1.165) is 16.9 Å². The molecule has 7 nitrogen and oxygen atoms in total. The van der Waals surface area contributed by atoms with Gasteiger partial charge in [-0.1, -0.05) is 30.3 Å². The molecular formula is C18H22N4O3. The minimum absolute atomic E-state index is 0.0802. The minimum Gasteiger partial charge on any atom is -0.496 e. The fourth-order valence-electron chi connectivity index (χ4n) is 2.51. The summed E-state index contributed by atoms with van der Waals surface area (Å²) in [6.07, 6.45) is 0. The molecule has 0 aliphatic heterocycles. The molecule has 2 aromatic carbocycles. The van der Waals surface area contributed by atoms with Crippen LogP contribution >= 0.6 is 0 Å². The topological polar surface area (TPSA) is 80.0 Å². The summed E-state index contributed by atoms with van der Waals surface area (Å²) < 4.78 is 5.37. The number of para-hydroxylation sites is 1. The Morgan fingerprint density at radius 2 is 2.04 bits per heavy atom. The van der Waals surface area contributed by atoms with Crippen molar-refractivity contribution in [1.82, 2.24) is 10.2 Å². The molecule has 0 bridgehead atoms. The highest BCUT2D eigenvalue weighted by atomic mass is 16.6. The average Bonchev–Trinajstić information content (AvgIpc) is 2.63. The highest BCUT2D eigenvalue weighted by molar-refractivity contribution is 5.79. The lowest BCUT2D eigenvalue weighted by Crippen LogP contribution is -2.38. The van der Waals surface area contributed by atoms with Gasteiger partial charge in [0.1, 0.15) is 5.75 Å². The van der Waals surface area contributed by atoms with Crippen molar-refractivity contribution in [2.75, 3.05) is 21.2 Å². The second-order valence-corrected chi connectivity index (χ2v) is 5.50. The number of benzene rings is 2. The molecule has 2 aromatic rings. The predicted molar refractivity (Wildman–Crippen MR) is 97.8 cm³/mol. The van der Waals surface area contributed by atoms with Gasteiger partial charge in [-0.05, 0) is 11.6 Å². The molecule has 0 aromatic heterocycles. The molecule has 0 unspecified atom stereocenters. The van der Waals surface area contributed by atoms with Gasteiger partial charge in [-0.25, -0.2) is 0 Å². The Hall–Kier alpha value is -3.09. The van der Waals surface area contributed by atoms with Crippen LogP contribution < -0.4 is 10.1 Å². The highest BCUT2D eigenvalue weighted by Crippen LogP contribution is 2.19. The van der Waals surface area contributed by atoms with Crippen LogP contribution in [0.1, 0.15) is 11.1 Å². The Morgan fingerprint density at radius 1 is 1.28 bits per heavy atom. The van der Waals surface area contributed by atoms with Gasteiger partial charge in [-0.2, -0.15) is 0 Å². The van der Waals surface area contributed by atoms with Crippen LogP contribution in [0.2, 0.25) is 0 Å². The number of rotatable bonds is 6. The van der Waals surface area contributed by atoms with Crippen molar-refractivity contribution in [2.45, 2.75) is 13.1 Å². The Bertz CT molecular complexity index is 761. The third kappa shape index (κ3) is 4.94. The lowest BCUT2D eigenvalue weighted by Gasteiger charge is -2.23. The van der Waals surface area contributed by atoms with Gasteiger partial charge in [0.05, 0.1) is 12.0 Å². The van der Waals surface area contributed by atoms with Gasteiger partial charge in [0, 0.05) is 44.9 Å². The Balaban J connectivity index is 2.02. The number of hydrogen-bond acceptors (Lipinski definition) is 4. The Morgan fingerprint density at radius 3 is 2.72 bits per heavy atom. The number of guanidine groups is 1. The maximum atomic E-state index is 10.9. The molecular weight excluding hydrogens is 320 g/mol. The van der Waals surface area contributed by atoms with E-state index in [1.165, 1.54) is 6.07 Å². The van der Waals surface area contributed by atoms with Gasteiger partial charge in [0.25, 0.3) is 5.69 Å². The van der Waals surface area contributed by atoms with Gasteiger partial charge in [0.15, 0.2) is 5.96 Å². The van der Waals surface area contributed by atoms with Crippen LogP contribution in [0, 0.1) is 10.1 Å². The summed E-state index contributed by atoms with van der Waals surface area (Å²) in [5, 5.41) is 14.1. The van der Waals surface area contributed by atoms with Gasteiger partial charge in [-0.15, -0.1) is 0 Å². The lowest BCUT2D eigenvalue weighted by molar-refractivity contribution is -0.384. The summed E-state index contributed by atoms with van der Waals surface area (Å²) in [6.45, 7) is 1.07. The van der Waals surface area contributed by atoms with E-state index in [-0.39, 0.29) is 5.69 Å². The maximum absolute atomic E-state index is 10.9. The Kier molecular flexibility index (Phi) is 6.33. The smallest absolute Gasteiger partial charge is 0.269 e. The van der Waals surface area contributed by atoms with Crippen molar-refractivity contribution in [3.63, 3.8) is 0 Å². The second-order valence-electron chi connectivity index (χ2n) is 5.50. The molecule has 0 aliphatic rings. The van der Waals surface area contributed by atoms with E-state index in [1.54, 1.807) is 26.3 Å². The highest BCUT2D eigenvalue weighted by Gasteiger charge is 2.11. The van der Waals surface area contributed by atoms with Crippen LogP contribution in [0.4, 0.5) is 5.69 Å². The summed E-state index contributed by atoms with van der Waals surface area (Å²) in [5.74, 6) is 1.51. The molecule has 0 fully saturated rings. The molecule has 0 atom stereocenters. The quantitative estimate of drug-likeness (QED) is 0.378. The lowest BCUT2D eigenvalue weighted by atomic mass is 10.2. The van der Waals surface area contributed by atoms with Gasteiger partial charge in [-0.3, -0.25) is 15.1 Å². The molecule has 0 heterocycles. The van der Waals surface area contributed by atoms with E-state index in [2.05, 4.69) is 10.3 Å². The first-order valence-electron chi connectivity index (χ1n) is 7.82. The number of aliphatic imine (C=N–C) groups is 1. The number of nitro benzene ring substituents is 1. The zero-order valence-corrected chi connectivity index (χ0v) is 14.6. The van der Waals surface area contributed by atoms with E-state index in [4.69, 9.17) is 4.74 Å². The standard InChI is InChI=1S/C18H22N4O3/c1-19-18(20-12-14-7-6-9-16(11-14)22(23)24)21(2)13-15-8-4-5-10-17(15)25-3/h4-11H,12-13H2,1-3H3,(H,19,20). The van der Waals surface area contributed by atoms with E-state index in [1.807, 2.05) is 42.3 Å². The zero-order valence-electron chi connectivity index (χ0n) is 14.6. The normalized spacial score (nSPS) is 11.1. The van der Waals surface area contributed by atoms with Crippen LogP contribution in [0.15, 0.2) is 53.5 Å². The van der Waals surface area contributed by atoms with Crippen LogP contribution in [0.25, 0.3) is 0 Å². The van der Waals surface area contributed by atoms with Crippen molar-refractivity contribution >= 4 is 11.6 Å². The molecule has 0 saturated heterocycles. The summed E-state index contributed by atoms with van der Waals surface area (Å²) in [7, 11) is 5.28. The minimum atomic E-state index is -0.397. The third-order valence-corrected chi connectivity index (χ3v) is 3.75. The molecule has 0 spiro atoms. The molecule has 0 aliphatic carbocycles. The fraction of sp³-hybridized carbons (Fsp3) is 0.278. The van der Waals surface area contributed by atoms with Gasteiger partial charge >= 0.3 is 0 Å². The second kappa shape index (κ2) is 8.68. The molecule has 132 valence electrons. The predicted octanol–water partition coefficient (Wildman–Crippen LogP) is 2.81. The number of hydrogen-bond donors (Lipinski definition) is 1. The van der Waals surface area contributed by atoms with E-state index < -0.39 is 4.92 Å². The van der Waals surface area contributed by atoms with Crippen molar-refractivity contribution < 1.29 is 9.66 Å². The largest absolute Gasteiger partial charge is 0.496 e. The number of nitrogens with zero attached hydrogens (tertiary/aromatic N) is 3. The first kappa shape index (κ1) is 18.3. The van der Waals surface area contributed by atoms with Crippen LogP contribution in [0.3, 0.4) is 0 Å². The van der Waals surface area contributed by atoms with Crippen LogP contribution in [0.5, 0.6) is 5.75 Å². The third-order valence-electron chi connectivity index (χ3n) is 3.75. The van der Waals surface area contributed by atoms with Crippen molar-refractivity contribution in [3.05, 3.63) is 69.8 Å². The summed E-state index contributed by atoms with van der Waals surface area (Å²) in [6, 6.07) is 14.4. The average molecular weight is 342 g/mol. The Labute approximate surface area is 147 Å². The molecule has 1 N–H and O–H groups in total. The van der Waals surface area contributed by atoms with Crippen molar-refractivity contribution in [2.24, 2.45) is 4.99 Å². The van der Waals surface area contributed by atoms with E-state index >= 15 is 0 Å². The van der Waals surface area contributed by atoms with E-state index in [9.17, 15) is 10.1 Å². The first-order chi connectivity index (χ1) is 12.0. The molecule has 0 saturated carbocycles.